The van der Waals surface area contributed by atoms with E-state index in [1.165, 1.54) is 4.90 Å². The summed E-state index contributed by atoms with van der Waals surface area (Å²) >= 11 is 0. The summed E-state index contributed by atoms with van der Waals surface area (Å²) in [7, 11) is 0. The minimum atomic E-state index is -0.516. The molecule has 11 heavy (non-hydrogen) atoms. The summed E-state index contributed by atoms with van der Waals surface area (Å²) in [5.74, 6) is -0.978. The normalized spacial score (nSPS) is 18.0. The van der Waals surface area contributed by atoms with Crippen molar-refractivity contribution in [1.29, 1.82) is 0 Å². The molecule has 1 fully saturated rings. The van der Waals surface area contributed by atoms with Crippen LogP contribution in [-0.2, 0) is 9.59 Å². The molecule has 1 N–H and O–H groups in total. The van der Waals surface area contributed by atoms with Gasteiger partial charge in [-0.25, -0.2) is 0 Å². The van der Waals surface area contributed by atoms with E-state index in [-0.39, 0.29) is 0 Å². The third kappa shape index (κ3) is 1.58. The highest BCUT2D eigenvalue weighted by Crippen LogP contribution is 1.94. The van der Waals surface area contributed by atoms with Crippen molar-refractivity contribution in [3.63, 3.8) is 0 Å². The van der Waals surface area contributed by atoms with Crippen molar-refractivity contribution in [3.8, 4) is 0 Å². The molecule has 1 saturated heterocycles. The molecule has 0 saturated carbocycles. The minimum Gasteiger partial charge on any atom is -0.346 e. The maximum atomic E-state index is 11.0. The van der Waals surface area contributed by atoms with Crippen LogP contribution in [0.15, 0.2) is 12.7 Å². The highest BCUT2D eigenvalue weighted by Gasteiger charge is 2.24. The Morgan fingerprint density at radius 1 is 1.64 bits per heavy atom. The smallest absolute Gasteiger partial charge is 0.312 e. The molecule has 2 amide bonds. The van der Waals surface area contributed by atoms with Gasteiger partial charge in [-0.2, -0.15) is 0 Å². The first-order valence-corrected chi connectivity index (χ1v) is 3.43. The number of hydrogen-bond acceptors (Lipinski definition) is 2. The molecule has 0 radical (unpaired) electrons. The Hall–Kier alpha value is -1.32. The van der Waals surface area contributed by atoms with Crippen molar-refractivity contribution in [2.24, 2.45) is 0 Å². The molecule has 1 aliphatic rings. The zero-order valence-corrected chi connectivity index (χ0v) is 6.17. The topological polar surface area (TPSA) is 49.4 Å². The Balaban J connectivity index is 2.58. The average Bonchev–Trinajstić information content (AvgIpc) is 1.99. The quantitative estimate of drug-likeness (QED) is 0.415. The molecule has 0 unspecified atom stereocenters. The second-order valence-electron chi connectivity index (χ2n) is 2.30. The molecule has 1 rings (SSSR count). The van der Waals surface area contributed by atoms with Gasteiger partial charge >= 0.3 is 11.8 Å². The maximum Gasteiger partial charge on any atom is 0.312 e. The van der Waals surface area contributed by atoms with Gasteiger partial charge in [0.25, 0.3) is 0 Å². The fraction of sp³-hybridized carbons (Fsp3) is 0.429. The number of piperazine rings is 1. The SMILES string of the molecule is C=CCN1CCNC(=O)C1=O. The van der Waals surface area contributed by atoms with Gasteiger partial charge in [0.2, 0.25) is 0 Å². The van der Waals surface area contributed by atoms with E-state index in [0.29, 0.717) is 19.6 Å². The van der Waals surface area contributed by atoms with Gasteiger partial charge in [0, 0.05) is 19.6 Å². The molecular formula is C7H10N2O2. The highest BCUT2D eigenvalue weighted by atomic mass is 16.2. The zero-order chi connectivity index (χ0) is 8.27. The molecule has 0 aromatic carbocycles. The molecule has 60 valence electrons. The van der Waals surface area contributed by atoms with Crippen LogP contribution >= 0.6 is 0 Å². The van der Waals surface area contributed by atoms with E-state index in [4.69, 9.17) is 0 Å². The standard InChI is InChI=1S/C7H10N2O2/c1-2-4-9-5-3-8-6(10)7(9)11/h2H,1,3-5H2,(H,8,10). The summed E-state index contributed by atoms with van der Waals surface area (Å²) in [6.07, 6.45) is 1.61. The highest BCUT2D eigenvalue weighted by molar-refractivity contribution is 6.35. The lowest BCUT2D eigenvalue weighted by atomic mass is 10.3. The fourth-order valence-corrected chi connectivity index (χ4v) is 0.955. The third-order valence-corrected chi connectivity index (χ3v) is 1.50. The maximum absolute atomic E-state index is 11.0. The molecule has 0 aromatic rings. The number of carbonyl (C=O) groups excluding carboxylic acids is 2. The molecule has 0 aromatic heterocycles. The molecule has 1 heterocycles. The van der Waals surface area contributed by atoms with E-state index in [0.717, 1.165) is 0 Å². The van der Waals surface area contributed by atoms with Gasteiger partial charge in [-0.1, -0.05) is 6.08 Å². The van der Waals surface area contributed by atoms with Crippen molar-refractivity contribution in [3.05, 3.63) is 12.7 Å². The Kier molecular flexibility index (Phi) is 2.25. The first kappa shape index (κ1) is 7.78. The van der Waals surface area contributed by atoms with Gasteiger partial charge in [-0.15, -0.1) is 6.58 Å². The molecule has 0 bridgehead atoms. The lowest BCUT2D eigenvalue weighted by Gasteiger charge is -2.24. The lowest BCUT2D eigenvalue weighted by Crippen LogP contribution is -2.51. The summed E-state index contributed by atoms with van der Waals surface area (Å²) in [4.78, 5) is 23.2. The van der Waals surface area contributed by atoms with Crippen LogP contribution in [0.5, 0.6) is 0 Å². The minimum absolute atomic E-state index is 0.451. The summed E-state index contributed by atoms with van der Waals surface area (Å²) < 4.78 is 0. The van der Waals surface area contributed by atoms with Gasteiger partial charge in [0.05, 0.1) is 0 Å². The summed E-state index contributed by atoms with van der Waals surface area (Å²) in [5.41, 5.74) is 0. The van der Waals surface area contributed by atoms with Crippen molar-refractivity contribution in [1.82, 2.24) is 10.2 Å². The predicted octanol–water partition coefficient (Wildman–Crippen LogP) is -0.869. The second kappa shape index (κ2) is 3.18. The molecule has 0 atom stereocenters. The van der Waals surface area contributed by atoms with Crippen LogP contribution in [0.3, 0.4) is 0 Å². The Bertz CT molecular complexity index is 201. The second-order valence-corrected chi connectivity index (χ2v) is 2.30. The number of hydrogen-bond donors (Lipinski definition) is 1. The molecule has 1 aliphatic heterocycles. The van der Waals surface area contributed by atoms with Crippen LogP contribution < -0.4 is 5.32 Å². The zero-order valence-electron chi connectivity index (χ0n) is 6.17. The van der Waals surface area contributed by atoms with E-state index < -0.39 is 11.8 Å². The molecule has 0 aliphatic carbocycles. The van der Waals surface area contributed by atoms with E-state index in [1.807, 2.05) is 0 Å². The van der Waals surface area contributed by atoms with Crippen molar-refractivity contribution in [2.75, 3.05) is 19.6 Å². The fourth-order valence-electron chi connectivity index (χ4n) is 0.955. The monoisotopic (exact) mass is 154 g/mol. The van der Waals surface area contributed by atoms with Crippen LogP contribution in [0.4, 0.5) is 0 Å². The van der Waals surface area contributed by atoms with Crippen molar-refractivity contribution in [2.45, 2.75) is 0 Å². The van der Waals surface area contributed by atoms with Gasteiger partial charge in [-0.05, 0) is 0 Å². The van der Waals surface area contributed by atoms with Gasteiger partial charge in [-0.3, -0.25) is 9.59 Å². The van der Waals surface area contributed by atoms with Gasteiger partial charge in [0.1, 0.15) is 0 Å². The average molecular weight is 154 g/mol. The van der Waals surface area contributed by atoms with Crippen LogP contribution in [-0.4, -0.2) is 36.3 Å². The molecule has 0 spiro atoms. The summed E-state index contributed by atoms with van der Waals surface area (Å²) in [5, 5.41) is 2.46. The number of amides is 2. The molecule has 4 heteroatoms. The van der Waals surface area contributed by atoms with E-state index in [9.17, 15) is 9.59 Å². The Labute approximate surface area is 64.9 Å². The van der Waals surface area contributed by atoms with Crippen molar-refractivity contribution < 1.29 is 9.59 Å². The third-order valence-electron chi connectivity index (χ3n) is 1.50. The first-order chi connectivity index (χ1) is 5.25. The van der Waals surface area contributed by atoms with Crippen LogP contribution in [0.1, 0.15) is 0 Å². The van der Waals surface area contributed by atoms with Crippen LogP contribution in [0, 0.1) is 0 Å². The number of nitrogens with one attached hydrogen (secondary N) is 1. The summed E-state index contributed by atoms with van der Waals surface area (Å²) in [6.45, 7) is 5.06. The Morgan fingerprint density at radius 3 is 3.00 bits per heavy atom. The number of carbonyl (C=O) groups is 2. The summed E-state index contributed by atoms with van der Waals surface area (Å²) in [6, 6.07) is 0. The molecular weight excluding hydrogens is 144 g/mol. The largest absolute Gasteiger partial charge is 0.346 e. The van der Waals surface area contributed by atoms with Gasteiger partial charge in [0.15, 0.2) is 0 Å². The molecule has 4 nitrogen and oxygen atoms in total. The lowest BCUT2D eigenvalue weighted by molar-refractivity contribution is -0.147. The first-order valence-electron chi connectivity index (χ1n) is 3.43. The van der Waals surface area contributed by atoms with Crippen LogP contribution in [0.2, 0.25) is 0 Å². The van der Waals surface area contributed by atoms with Crippen molar-refractivity contribution >= 4 is 11.8 Å². The van der Waals surface area contributed by atoms with E-state index >= 15 is 0 Å². The van der Waals surface area contributed by atoms with Gasteiger partial charge < -0.3 is 10.2 Å². The Morgan fingerprint density at radius 2 is 2.36 bits per heavy atom. The number of nitrogens with zero attached hydrogens (tertiary/aromatic N) is 1. The van der Waals surface area contributed by atoms with Crippen LogP contribution in [0.25, 0.3) is 0 Å². The number of rotatable bonds is 2. The van der Waals surface area contributed by atoms with E-state index in [1.54, 1.807) is 6.08 Å². The van der Waals surface area contributed by atoms with E-state index in [2.05, 4.69) is 11.9 Å². The predicted molar refractivity (Wildman–Crippen MR) is 39.8 cm³/mol.